The Kier molecular flexibility index (Phi) is 5.02. The van der Waals surface area contributed by atoms with E-state index < -0.39 is 0 Å². The van der Waals surface area contributed by atoms with Crippen LogP contribution in [-0.4, -0.2) is 14.2 Å². The number of methoxy groups -OCH3 is 2. The first-order valence-corrected chi connectivity index (χ1v) is 6.74. The van der Waals surface area contributed by atoms with E-state index in [1.54, 1.807) is 14.2 Å². The molecule has 1 N–H and O–H groups in total. The van der Waals surface area contributed by atoms with Crippen LogP contribution in [0.25, 0.3) is 0 Å². The molecule has 2 aromatic rings. The van der Waals surface area contributed by atoms with Gasteiger partial charge in [-0.25, -0.2) is 0 Å². The average molecular weight is 271 g/mol. The maximum absolute atomic E-state index is 5.42. The molecule has 0 aliphatic heterocycles. The maximum Gasteiger partial charge on any atom is 0.123 e. The maximum atomic E-state index is 5.42. The van der Waals surface area contributed by atoms with Crippen LogP contribution in [0.3, 0.4) is 0 Å². The zero-order valence-corrected chi connectivity index (χ0v) is 12.2. The van der Waals surface area contributed by atoms with Gasteiger partial charge in [-0.2, -0.15) is 0 Å². The molecule has 0 aliphatic carbocycles. The molecule has 106 valence electrons. The molecule has 0 aliphatic rings. The van der Waals surface area contributed by atoms with E-state index in [2.05, 4.69) is 24.4 Å². The standard InChI is InChI=1S/C17H21NO2/c1-13(18-12-14-7-5-4-6-8-14)16-11-15(19-2)9-10-17(16)20-3/h4-11,13,18H,12H2,1-3H3/t13-/m0/s1. The molecule has 0 saturated carbocycles. The first-order chi connectivity index (χ1) is 9.74. The third kappa shape index (κ3) is 3.52. The fourth-order valence-electron chi connectivity index (χ4n) is 2.15. The highest BCUT2D eigenvalue weighted by atomic mass is 16.5. The van der Waals surface area contributed by atoms with Crippen LogP contribution < -0.4 is 14.8 Å². The monoisotopic (exact) mass is 271 g/mol. The first-order valence-electron chi connectivity index (χ1n) is 6.74. The molecule has 0 radical (unpaired) electrons. The van der Waals surface area contributed by atoms with Crippen molar-refractivity contribution in [3.8, 4) is 11.5 Å². The van der Waals surface area contributed by atoms with Gasteiger partial charge in [0.15, 0.2) is 0 Å². The Morgan fingerprint density at radius 3 is 2.40 bits per heavy atom. The van der Waals surface area contributed by atoms with Gasteiger partial charge in [-0.15, -0.1) is 0 Å². The second kappa shape index (κ2) is 6.96. The lowest BCUT2D eigenvalue weighted by molar-refractivity contribution is 0.391. The van der Waals surface area contributed by atoms with Crippen LogP contribution in [0.5, 0.6) is 11.5 Å². The largest absolute Gasteiger partial charge is 0.497 e. The van der Waals surface area contributed by atoms with Gasteiger partial charge in [0, 0.05) is 18.2 Å². The molecule has 0 saturated heterocycles. The summed E-state index contributed by atoms with van der Waals surface area (Å²) in [7, 11) is 3.36. The van der Waals surface area contributed by atoms with Gasteiger partial charge in [0.2, 0.25) is 0 Å². The van der Waals surface area contributed by atoms with Crippen molar-refractivity contribution in [2.24, 2.45) is 0 Å². The topological polar surface area (TPSA) is 30.5 Å². The summed E-state index contributed by atoms with van der Waals surface area (Å²) in [6.45, 7) is 2.95. The number of ether oxygens (including phenoxy) is 2. The third-order valence-electron chi connectivity index (χ3n) is 3.36. The predicted octanol–water partition coefficient (Wildman–Crippen LogP) is 3.55. The number of rotatable bonds is 6. The van der Waals surface area contributed by atoms with E-state index in [0.717, 1.165) is 23.6 Å². The minimum absolute atomic E-state index is 0.181. The zero-order chi connectivity index (χ0) is 14.4. The van der Waals surface area contributed by atoms with Crippen molar-refractivity contribution in [3.05, 3.63) is 59.7 Å². The fraction of sp³-hybridized carbons (Fsp3) is 0.294. The summed E-state index contributed by atoms with van der Waals surface area (Å²) in [5, 5.41) is 3.51. The van der Waals surface area contributed by atoms with E-state index >= 15 is 0 Å². The van der Waals surface area contributed by atoms with Crippen LogP contribution in [0.1, 0.15) is 24.1 Å². The van der Waals surface area contributed by atoms with E-state index in [-0.39, 0.29) is 6.04 Å². The fourth-order valence-corrected chi connectivity index (χ4v) is 2.15. The van der Waals surface area contributed by atoms with Gasteiger partial charge >= 0.3 is 0 Å². The minimum atomic E-state index is 0.181. The Balaban J connectivity index is 2.09. The molecule has 3 nitrogen and oxygen atoms in total. The van der Waals surface area contributed by atoms with E-state index in [4.69, 9.17) is 9.47 Å². The van der Waals surface area contributed by atoms with Crippen LogP contribution in [0.4, 0.5) is 0 Å². The van der Waals surface area contributed by atoms with Gasteiger partial charge in [-0.1, -0.05) is 30.3 Å². The van der Waals surface area contributed by atoms with Gasteiger partial charge in [-0.05, 0) is 30.7 Å². The highest BCUT2D eigenvalue weighted by Gasteiger charge is 2.12. The summed E-state index contributed by atoms with van der Waals surface area (Å²) in [5.41, 5.74) is 2.36. The van der Waals surface area contributed by atoms with Crippen molar-refractivity contribution in [2.45, 2.75) is 19.5 Å². The molecule has 20 heavy (non-hydrogen) atoms. The van der Waals surface area contributed by atoms with Crippen molar-refractivity contribution in [3.63, 3.8) is 0 Å². The minimum Gasteiger partial charge on any atom is -0.497 e. The highest BCUT2D eigenvalue weighted by Crippen LogP contribution is 2.29. The highest BCUT2D eigenvalue weighted by molar-refractivity contribution is 5.42. The van der Waals surface area contributed by atoms with Crippen LogP contribution in [-0.2, 0) is 6.54 Å². The van der Waals surface area contributed by atoms with Crippen LogP contribution in [0.2, 0.25) is 0 Å². The summed E-state index contributed by atoms with van der Waals surface area (Å²) >= 11 is 0. The second-order valence-electron chi connectivity index (χ2n) is 4.70. The summed E-state index contributed by atoms with van der Waals surface area (Å²) in [4.78, 5) is 0. The lowest BCUT2D eigenvalue weighted by Gasteiger charge is -2.18. The Morgan fingerprint density at radius 1 is 1.00 bits per heavy atom. The van der Waals surface area contributed by atoms with E-state index in [1.807, 2.05) is 36.4 Å². The van der Waals surface area contributed by atoms with Gasteiger partial charge in [0.05, 0.1) is 14.2 Å². The Hall–Kier alpha value is -2.00. The Morgan fingerprint density at radius 2 is 1.75 bits per heavy atom. The lowest BCUT2D eigenvalue weighted by atomic mass is 10.1. The number of nitrogens with one attached hydrogen (secondary N) is 1. The van der Waals surface area contributed by atoms with Crippen molar-refractivity contribution in [2.75, 3.05) is 14.2 Å². The lowest BCUT2D eigenvalue weighted by Crippen LogP contribution is -2.18. The average Bonchev–Trinajstić information content (AvgIpc) is 2.52. The summed E-state index contributed by atoms with van der Waals surface area (Å²) in [5.74, 6) is 1.72. The van der Waals surface area contributed by atoms with E-state index in [0.29, 0.717) is 0 Å². The van der Waals surface area contributed by atoms with Crippen molar-refractivity contribution in [1.29, 1.82) is 0 Å². The molecule has 0 amide bonds. The third-order valence-corrected chi connectivity index (χ3v) is 3.36. The molecule has 2 aromatic carbocycles. The van der Waals surface area contributed by atoms with E-state index in [1.165, 1.54) is 5.56 Å². The summed E-state index contributed by atoms with van der Waals surface area (Å²) < 4.78 is 10.7. The molecule has 0 heterocycles. The molecule has 0 bridgehead atoms. The smallest absolute Gasteiger partial charge is 0.123 e. The first kappa shape index (κ1) is 14.4. The molecule has 0 aromatic heterocycles. The molecular weight excluding hydrogens is 250 g/mol. The molecule has 3 heteroatoms. The van der Waals surface area contributed by atoms with Gasteiger partial charge in [0.25, 0.3) is 0 Å². The number of hydrogen-bond acceptors (Lipinski definition) is 3. The van der Waals surface area contributed by atoms with E-state index in [9.17, 15) is 0 Å². The molecule has 2 rings (SSSR count). The predicted molar refractivity (Wildman–Crippen MR) is 81.2 cm³/mol. The zero-order valence-electron chi connectivity index (χ0n) is 12.2. The summed E-state index contributed by atoms with van der Waals surface area (Å²) in [6.07, 6.45) is 0. The van der Waals surface area contributed by atoms with Gasteiger partial charge < -0.3 is 14.8 Å². The molecule has 0 unspecified atom stereocenters. The van der Waals surface area contributed by atoms with Crippen LogP contribution in [0, 0.1) is 0 Å². The SMILES string of the molecule is COc1ccc(OC)c([C@H](C)NCc2ccccc2)c1. The van der Waals surface area contributed by atoms with Crippen molar-refractivity contribution < 1.29 is 9.47 Å². The van der Waals surface area contributed by atoms with Gasteiger partial charge in [-0.3, -0.25) is 0 Å². The molecule has 0 spiro atoms. The van der Waals surface area contributed by atoms with Gasteiger partial charge in [0.1, 0.15) is 11.5 Å². The number of benzene rings is 2. The van der Waals surface area contributed by atoms with Crippen LogP contribution in [0.15, 0.2) is 48.5 Å². The number of hydrogen-bond donors (Lipinski definition) is 1. The quantitative estimate of drug-likeness (QED) is 0.871. The molecule has 1 atom stereocenters. The normalized spacial score (nSPS) is 11.9. The Labute approximate surface area is 120 Å². The molecule has 0 fully saturated rings. The summed E-state index contributed by atoms with van der Waals surface area (Å²) in [6, 6.07) is 16.4. The van der Waals surface area contributed by atoms with Crippen molar-refractivity contribution >= 4 is 0 Å². The molecular formula is C17H21NO2. The second-order valence-corrected chi connectivity index (χ2v) is 4.70. The van der Waals surface area contributed by atoms with Crippen molar-refractivity contribution in [1.82, 2.24) is 5.32 Å². The van der Waals surface area contributed by atoms with Crippen LogP contribution >= 0.6 is 0 Å². The Bertz CT molecular complexity index is 540.